The van der Waals surface area contributed by atoms with Crippen molar-refractivity contribution >= 4 is 22.6 Å². The molecule has 0 radical (unpaired) electrons. The monoisotopic (exact) mass is 433 g/mol. The lowest BCUT2D eigenvalue weighted by Gasteiger charge is -2.36. The molecule has 1 fully saturated rings. The lowest BCUT2D eigenvalue weighted by molar-refractivity contribution is -0.140. The van der Waals surface area contributed by atoms with Crippen molar-refractivity contribution in [3.63, 3.8) is 0 Å². The predicted molar refractivity (Wildman–Crippen MR) is 122 cm³/mol. The van der Waals surface area contributed by atoms with E-state index >= 15 is 0 Å². The number of hydrogen-bond donors (Lipinski definition) is 2. The maximum Gasteiger partial charge on any atom is 0.303 e. The number of rotatable bonds is 7. The number of hydrogen-bond acceptors (Lipinski definition) is 4. The Morgan fingerprint density at radius 3 is 2.31 bits per heavy atom. The molecule has 0 aliphatic heterocycles. The van der Waals surface area contributed by atoms with E-state index < -0.39 is 17.3 Å². The quantitative estimate of drug-likeness (QED) is 0.593. The lowest BCUT2D eigenvalue weighted by Crippen LogP contribution is -2.41. The van der Waals surface area contributed by atoms with Gasteiger partial charge in [0.25, 0.3) is 11.5 Å². The van der Waals surface area contributed by atoms with E-state index in [1.54, 1.807) is 24.3 Å². The first-order valence-electron chi connectivity index (χ1n) is 11.0. The molecular weight excluding hydrogens is 406 g/mol. The molecule has 4 rings (SSSR count). The van der Waals surface area contributed by atoms with E-state index in [0.717, 1.165) is 37.7 Å². The number of nitrogens with zero attached hydrogens (tertiary/aromatic N) is 2. The summed E-state index contributed by atoms with van der Waals surface area (Å²) in [5, 5.41) is 17.7. The number of benzene rings is 2. The zero-order valence-electron chi connectivity index (χ0n) is 17.9. The lowest BCUT2D eigenvalue weighted by atomic mass is 9.71. The van der Waals surface area contributed by atoms with Crippen LogP contribution in [0.1, 0.15) is 54.6 Å². The Hall–Kier alpha value is -3.48. The molecule has 1 amide bonds. The fraction of sp³-hybridized carbons (Fsp3) is 0.360. The van der Waals surface area contributed by atoms with Crippen LogP contribution < -0.4 is 10.9 Å². The summed E-state index contributed by atoms with van der Waals surface area (Å²) in [4.78, 5) is 37.7. The molecule has 166 valence electrons. The molecule has 0 unspecified atom stereocenters. The fourth-order valence-corrected chi connectivity index (χ4v) is 4.66. The highest BCUT2D eigenvalue weighted by atomic mass is 16.4. The molecule has 3 aromatic rings. The predicted octanol–water partition coefficient (Wildman–Crippen LogP) is 3.60. The second kappa shape index (κ2) is 9.34. The normalized spacial score (nSPS) is 15.4. The van der Waals surface area contributed by atoms with Crippen LogP contribution in [0.25, 0.3) is 10.8 Å². The molecule has 0 bridgehead atoms. The van der Waals surface area contributed by atoms with E-state index in [1.807, 2.05) is 30.3 Å². The molecule has 1 aliphatic carbocycles. The van der Waals surface area contributed by atoms with Crippen LogP contribution >= 0.6 is 0 Å². The molecule has 2 aromatic carbocycles. The van der Waals surface area contributed by atoms with Crippen LogP contribution in [-0.4, -0.2) is 33.3 Å². The topological polar surface area (TPSA) is 101 Å². The van der Waals surface area contributed by atoms with Crippen LogP contribution in [0.15, 0.2) is 59.4 Å². The summed E-state index contributed by atoms with van der Waals surface area (Å²) in [6, 6.07) is 16.4. The van der Waals surface area contributed by atoms with Crippen LogP contribution in [0.4, 0.5) is 0 Å². The van der Waals surface area contributed by atoms with Gasteiger partial charge in [0.2, 0.25) is 0 Å². The first-order valence-corrected chi connectivity index (χ1v) is 11.0. The van der Waals surface area contributed by atoms with Crippen LogP contribution in [0.3, 0.4) is 0 Å². The van der Waals surface area contributed by atoms with Crippen molar-refractivity contribution in [2.24, 2.45) is 5.41 Å². The van der Waals surface area contributed by atoms with E-state index in [1.165, 1.54) is 4.68 Å². The molecule has 0 saturated heterocycles. The van der Waals surface area contributed by atoms with Crippen LogP contribution in [0.5, 0.6) is 0 Å². The number of carbonyl (C=O) groups is 2. The molecule has 1 heterocycles. The summed E-state index contributed by atoms with van der Waals surface area (Å²) in [5.74, 6) is -1.24. The molecule has 0 atom stereocenters. The van der Waals surface area contributed by atoms with Crippen molar-refractivity contribution in [1.29, 1.82) is 0 Å². The average molecular weight is 434 g/mol. The highest BCUT2D eigenvalue weighted by Crippen LogP contribution is 2.38. The van der Waals surface area contributed by atoms with Crippen molar-refractivity contribution in [3.05, 3.63) is 76.2 Å². The van der Waals surface area contributed by atoms with Gasteiger partial charge in [0, 0.05) is 11.9 Å². The third kappa shape index (κ3) is 4.72. The van der Waals surface area contributed by atoms with E-state index in [0.29, 0.717) is 10.8 Å². The Kier molecular flexibility index (Phi) is 6.35. The molecule has 2 N–H and O–H groups in total. The molecule has 0 spiro atoms. The summed E-state index contributed by atoms with van der Waals surface area (Å²) in [6.07, 6.45) is 4.61. The number of aromatic nitrogens is 2. The molecule has 1 aliphatic rings. The third-order valence-electron chi connectivity index (χ3n) is 6.32. The van der Waals surface area contributed by atoms with Gasteiger partial charge in [-0.15, -0.1) is 0 Å². The van der Waals surface area contributed by atoms with Crippen molar-refractivity contribution in [2.75, 3.05) is 6.54 Å². The van der Waals surface area contributed by atoms with E-state index in [9.17, 15) is 19.5 Å². The van der Waals surface area contributed by atoms with E-state index in [2.05, 4.69) is 10.4 Å². The Balaban J connectivity index is 1.65. The minimum absolute atomic E-state index is 0.0367. The van der Waals surface area contributed by atoms with Gasteiger partial charge in [-0.05, 0) is 29.9 Å². The first kappa shape index (κ1) is 21.7. The van der Waals surface area contributed by atoms with E-state index in [4.69, 9.17) is 0 Å². The molecule has 7 nitrogen and oxygen atoms in total. The van der Waals surface area contributed by atoms with Crippen molar-refractivity contribution in [2.45, 2.75) is 45.1 Å². The van der Waals surface area contributed by atoms with Gasteiger partial charge in [0.1, 0.15) is 0 Å². The third-order valence-corrected chi connectivity index (χ3v) is 6.32. The number of carbonyl (C=O) groups excluding carboxylic acids is 1. The Morgan fingerprint density at radius 1 is 0.969 bits per heavy atom. The minimum Gasteiger partial charge on any atom is -0.481 e. The van der Waals surface area contributed by atoms with Crippen LogP contribution in [0.2, 0.25) is 0 Å². The Morgan fingerprint density at radius 2 is 1.62 bits per heavy atom. The van der Waals surface area contributed by atoms with Crippen molar-refractivity contribution in [1.82, 2.24) is 15.1 Å². The molecule has 1 saturated carbocycles. The number of carboxylic acids is 1. The second-order valence-corrected chi connectivity index (χ2v) is 8.66. The Bertz CT molecular complexity index is 1180. The summed E-state index contributed by atoms with van der Waals surface area (Å²) in [6.45, 7) is 0.541. The highest BCUT2D eigenvalue weighted by molar-refractivity contribution is 6.04. The molecular formula is C25H27N3O4. The first-order chi connectivity index (χ1) is 15.5. The average Bonchev–Trinajstić information content (AvgIpc) is 2.80. The zero-order valence-corrected chi connectivity index (χ0v) is 17.9. The maximum absolute atomic E-state index is 13.2. The van der Waals surface area contributed by atoms with Gasteiger partial charge in [-0.2, -0.15) is 5.10 Å². The smallest absolute Gasteiger partial charge is 0.303 e. The van der Waals surface area contributed by atoms with Gasteiger partial charge < -0.3 is 10.4 Å². The summed E-state index contributed by atoms with van der Waals surface area (Å²) >= 11 is 0. The van der Waals surface area contributed by atoms with Crippen molar-refractivity contribution < 1.29 is 14.7 Å². The van der Waals surface area contributed by atoms with Gasteiger partial charge in [-0.25, -0.2) is 4.68 Å². The van der Waals surface area contributed by atoms with E-state index in [-0.39, 0.29) is 30.8 Å². The second-order valence-electron chi connectivity index (χ2n) is 8.66. The molecule has 32 heavy (non-hydrogen) atoms. The number of fused-ring (bicyclic) bond motifs is 1. The van der Waals surface area contributed by atoms with Crippen LogP contribution in [0, 0.1) is 5.41 Å². The Labute approximate surface area is 186 Å². The fourth-order valence-electron chi connectivity index (χ4n) is 4.66. The van der Waals surface area contributed by atoms with Crippen molar-refractivity contribution in [3.8, 4) is 0 Å². The number of amides is 1. The largest absolute Gasteiger partial charge is 0.481 e. The molecule has 7 heteroatoms. The van der Waals surface area contributed by atoms with Gasteiger partial charge in [0.05, 0.1) is 18.4 Å². The number of nitrogens with one attached hydrogen (secondary N) is 1. The zero-order chi connectivity index (χ0) is 22.6. The maximum atomic E-state index is 13.2. The van der Waals surface area contributed by atoms with Gasteiger partial charge in [0.15, 0.2) is 5.69 Å². The molecule has 1 aromatic heterocycles. The van der Waals surface area contributed by atoms with Crippen LogP contribution in [-0.2, 0) is 11.3 Å². The summed E-state index contributed by atoms with van der Waals surface area (Å²) in [7, 11) is 0. The number of carboxylic acid groups (broad SMARTS) is 1. The SMILES string of the molecule is O=C(O)CC1(CNC(=O)c2nn(Cc3ccccc3)c(=O)c3ccccc23)CCCCC1. The minimum atomic E-state index is -0.846. The highest BCUT2D eigenvalue weighted by Gasteiger charge is 2.35. The summed E-state index contributed by atoms with van der Waals surface area (Å²) < 4.78 is 1.32. The summed E-state index contributed by atoms with van der Waals surface area (Å²) in [5.41, 5.74) is 0.396. The number of aliphatic carboxylic acids is 1. The standard InChI is InChI=1S/C25H27N3O4/c29-21(30)15-25(13-7-2-8-14-25)17-26-23(31)22-19-11-5-6-12-20(19)24(32)28(27-22)16-18-9-3-1-4-10-18/h1,3-6,9-12H,2,7-8,13-17H2,(H,26,31)(H,29,30). The van der Waals surface area contributed by atoms with Gasteiger partial charge in [-0.1, -0.05) is 67.8 Å². The van der Waals surface area contributed by atoms with Gasteiger partial charge >= 0.3 is 5.97 Å². The van der Waals surface area contributed by atoms with Gasteiger partial charge in [-0.3, -0.25) is 14.4 Å².